The van der Waals surface area contributed by atoms with E-state index in [4.69, 9.17) is 9.29 Å². The summed E-state index contributed by atoms with van der Waals surface area (Å²) in [6.45, 7) is 12.9. The lowest BCUT2D eigenvalue weighted by atomic mass is 10.2. The molecular formula is C41H50N2O9S3. The largest absolute Gasteiger partial charge is 0.395 e. The Morgan fingerprint density at radius 1 is 0.473 bits per heavy atom. The van der Waals surface area contributed by atoms with Crippen LogP contribution in [0.5, 0.6) is 0 Å². The second-order valence-corrected chi connectivity index (χ2v) is 17.2. The Labute approximate surface area is 327 Å². The number of nitrogens with zero attached hydrogens (tertiary/aromatic N) is 2. The molecule has 0 aromatic heterocycles. The van der Waals surface area contributed by atoms with E-state index in [0.717, 1.165) is 35.5 Å². The third kappa shape index (κ3) is 14.5. The van der Waals surface area contributed by atoms with Gasteiger partial charge in [0, 0.05) is 37.6 Å². The zero-order valence-electron chi connectivity index (χ0n) is 31.8. The van der Waals surface area contributed by atoms with Crippen molar-refractivity contribution in [3.8, 4) is 0 Å². The predicted molar refractivity (Wildman–Crippen MR) is 218 cm³/mol. The molecule has 0 bridgehead atoms. The smallest absolute Gasteiger partial charge is 0.311 e. The molecule has 11 nitrogen and oxygen atoms in total. The number of aliphatic hydroxyl groups excluding tert-OH is 1. The molecule has 5 aromatic carbocycles. The number of aliphatic hydroxyl groups is 1. The van der Waals surface area contributed by atoms with Gasteiger partial charge in [0.2, 0.25) is 0 Å². The van der Waals surface area contributed by atoms with Gasteiger partial charge in [0.15, 0.2) is 0 Å². The maximum atomic E-state index is 12.1. The number of benzene rings is 5. The summed E-state index contributed by atoms with van der Waals surface area (Å²) in [4.78, 5) is 4.00. The first kappa shape index (κ1) is 44.8. The number of rotatable bonds is 15. The summed E-state index contributed by atoms with van der Waals surface area (Å²) in [5.74, 6) is 0. The van der Waals surface area contributed by atoms with Crippen molar-refractivity contribution in [3.63, 3.8) is 0 Å². The Hall–Kier alpha value is -4.57. The highest BCUT2D eigenvalue weighted by Gasteiger charge is 2.26. The van der Waals surface area contributed by atoms with Gasteiger partial charge in [0.05, 0.1) is 27.9 Å². The second-order valence-electron chi connectivity index (χ2n) is 12.2. The van der Waals surface area contributed by atoms with E-state index < -0.39 is 30.4 Å². The zero-order valence-corrected chi connectivity index (χ0v) is 34.2. The van der Waals surface area contributed by atoms with E-state index in [1.165, 1.54) is 30.0 Å². The Morgan fingerprint density at radius 3 is 1.13 bits per heavy atom. The first-order chi connectivity index (χ1) is 26.1. The molecule has 0 saturated heterocycles. The lowest BCUT2D eigenvalue weighted by Crippen LogP contribution is -2.28. The Bertz CT molecular complexity index is 2130. The highest BCUT2D eigenvalue weighted by Crippen LogP contribution is 2.21. The van der Waals surface area contributed by atoms with E-state index in [2.05, 4.69) is 32.5 Å². The van der Waals surface area contributed by atoms with E-state index in [1.54, 1.807) is 62.4 Å². The summed E-state index contributed by atoms with van der Waals surface area (Å²) in [6.07, 6.45) is 0. The van der Waals surface area contributed by atoms with Gasteiger partial charge in [-0.15, -0.1) is 3.63 Å². The van der Waals surface area contributed by atoms with Crippen molar-refractivity contribution in [2.75, 3.05) is 49.2 Å². The number of likely N-dealkylation sites (N-methyl/N-ethyl adjacent to an activating group) is 2. The van der Waals surface area contributed by atoms with Crippen molar-refractivity contribution in [2.45, 2.75) is 49.3 Å². The number of anilines is 2. The first-order valence-corrected chi connectivity index (χ1v) is 21.9. The van der Waals surface area contributed by atoms with Crippen LogP contribution in [0.4, 0.5) is 11.4 Å². The van der Waals surface area contributed by atoms with Crippen LogP contribution in [0.25, 0.3) is 0 Å². The van der Waals surface area contributed by atoms with E-state index in [0.29, 0.717) is 13.1 Å². The molecule has 0 amide bonds. The van der Waals surface area contributed by atoms with Crippen LogP contribution in [0.3, 0.4) is 0 Å². The highest BCUT2D eigenvalue weighted by atomic mass is 32.3. The predicted octanol–water partition coefficient (Wildman–Crippen LogP) is 7.13. The summed E-state index contributed by atoms with van der Waals surface area (Å²) >= 11 is 0. The van der Waals surface area contributed by atoms with Crippen LogP contribution in [0.2, 0.25) is 0 Å². The summed E-state index contributed by atoms with van der Waals surface area (Å²) in [5.41, 5.74) is 4.96. The van der Waals surface area contributed by atoms with Crippen LogP contribution in [0.1, 0.15) is 30.5 Å². The molecule has 5 aromatic rings. The molecule has 0 aliphatic rings. The van der Waals surface area contributed by atoms with Gasteiger partial charge >= 0.3 is 20.2 Å². The van der Waals surface area contributed by atoms with Gasteiger partial charge in [0.1, 0.15) is 0 Å². The zero-order chi connectivity index (χ0) is 40.5. The van der Waals surface area contributed by atoms with Gasteiger partial charge in [-0.05, 0) is 95.3 Å². The van der Waals surface area contributed by atoms with Crippen molar-refractivity contribution in [1.82, 2.24) is 0 Å². The van der Waals surface area contributed by atoms with Crippen molar-refractivity contribution in [3.05, 3.63) is 150 Å². The molecule has 14 heteroatoms. The van der Waals surface area contributed by atoms with E-state index in [-0.39, 0.29) is 27.9 Å². The molecule has 0 heterocycles. The van der Waals surface area contributed by atoms with Gasteiger partial charge in [-0.2, -0.15) is 25.3 Å². The minimum Gasteiger partial charge on any atom is -0.395 e. The van der Waals surface area contributed by atoms with Gasteiger partial charge in [0.25, 0.3) is 10.1 Å². The van der Waals surface area contributed by atoms with Crippen LogP contribution >= 0.6 is 0 Å². The van der Waals surface area contributed by atoms with Crippen molar-refractivity contribution in [2.24, 2.45) is 0 Å². The van der Waals surface area contributed by atoms with E-state index in [9.17, 15) is 25.3 Å². The third-order valence-electron chi connectivity index (χ3n) is 8.08. The number of hydrogen-bond acceptors (Lipinski definition) is 11. The minimum absolute atomic E-state index is 0.124. The molecule has 55 heavy (non-hydrogen) atoms. The maximum absolute atomic E-state index is 12.1. The van der Waals surface area contributed by atoms with Gasteiger partial charge in [-0.3, -0.25) is 4.18 Å². The van der Waals surface area contributed by atoms with Crippen LogP contribution in [0, 0.1) is 20.8 Å². The molecule has 0 atom stereocenters. The lowest BCUT2D eigenvalue weighted by molar-refractivity contribution is 0.302. The molecule has 0 fully saturated rings. The summed E-state index contributed by atoms with van der Waals surface area (Å²) in [5, 5.41) is 8.79. The van der Waals surface area contributed by atoms with Crippen molar-refractivity contribution < 1.29 is 38.2 Å². The van der Waals surface area contributed by atoms with E-state index >= 15 is 0 Å². The lowest BCUT2D eigenvalue weighted by Gasteiger charge is -2.22. The quantitative estimate of drug-likeness (QED) is 0.108. The van der Waals surface area contributed by atoms with Gasteiger partial charge < -0.3 is 14.9 Å². The molecule has 5 rings (SSSR count). The molecule has 296 valence electrons. The van der Waals surface area contributed by atoms with Gasteiger partial charge in [-0.25, -0.2) is 0 Å². The SMILES string of the molecule is CCN(CCO)c1ccccc1.CCN(CCOS(=O)(=O)c1ccc(C)cc1)c1ccccc1.Cc1ccc(S(=O)(=O)OS(=O)(=O)c2ccc(C)cc2)cc1. The Morgan fingerprint density at radius 2 is 0.800 bits per heavy atom. The molecule has 0 unspecified atom stereocenters. The Balaban J connectivity index is 0.000000231. The van der Waals surface area contributed by atoms with Crippen LogP contribution in [-0.2, 0) is 38.2 Å². The number of hydrogen-bond donors (Lipinski definition) is 1. The number of aryl methyl sites for hydroxylation is 3. The summed E-state index contributed by atoms with van der Waals surface area (Å²) < 4.78 is 81.8. The first-order valence-electron chi connectivity index (χ1n) is 17.6. The average Bonchev–Trinajstić information content (AvgIpc) is 3.17. The monoisotopic (exact) mass is 810 g/mol. The molecule has 0 saturated carbocycles. The fraction of sp³-hybridized carbons (Fsp3) is 0.268. The molecule has 0 aliphatic carbocycles. The summed E-state index contributed by atoms with van der Waals surface area (Å²) in [6, 6.07) is 38.1. The average molecular weight is 811 g/mol. The van der Waals surface area contributed by atoms with Gasteiger partial charge in [-0.1, -0.05) is 89.5 Å². The standard InChI is InChI=1S/C17H21NO3S.C14H14O5S2.C10H15NO/c1-3-18(16-7-5-4-6-8-16)13-14-21-22(19,20)17-11-9-15(2)10-12-17;1-11-3-7-13(8-4-11)20(15,16)19-21(17,18)14-9-5-12(2)6-10-14;1-2-11(8-9-12)10-6-4-3-5-7-10/h4-12H,3,13-14H2,1-2H3;3-10H,1-2H3;3-7,12H,2,8-9H2,1H3. The topological polar surface area (TPSA) is 148 Å². The van der Waals surface area contributed by atoms with Crippen LogP contribution in [-0.4, -0.2) is 69.8 Å². The fourth-order valence-electron chi connectivity index (χ4n) is 4.97. The number of para-hydroxylation sites is 2. The maximum Gasteiger partial charge on any atom is 0.311 e. The van der Waals surface area contributed by atoms with Crippen LogP contribution in [0.15, 0.2) is 148 Å². The minimum atomic E-state index is -4.38. The van der Waals surface area contributed by atoms with Crippen molar-refractivity contribution >= 4 is 41.7 Å². The molecule has 0 aliphatic heterocycles. The third-order valence-corrected chi connectivity index (χ3v) is 12.5. The van der Waals surface area contributed by atoms with Crippen LogP contribution < -0.4 is 9.80 Å². The summed E-state index contributed by atoms with van der Waals surface area (Å²) in [7, 11) is -12.5. The normalized spacial score (nSPS) is 11.4. The molecule has 0 spiro atoms. The van der Waals surface area contributed by atoms with Crippen molar-refractivity contribution in [1.29, 1.82) is 0 Å². The molecular weight excluding hydrogens is 761 g/mol. The Kier molecular flexibility index (Phi) is 17.5. The molecule has 1 N–H and O–H groups in total. The molecule has 0 radical (unpaired) electrons. The second kappa shape index (κ2) is 21.5. The van der Waals surface area contributed by atoms with E-state index in [1.807, 2.05) is 62.4 Å². The fourth-order valence-corrected chi connectivity index (χ4v) is 8.38. The highest BCUT2D eigenvalue weighted by molar-refractivity contribution is 7.99.